The van der Waals surface area contributed by atoms with Crippen LogP contribution in [0.25, 0.3) is 0 Å². The van der Waals surface area contributed by atoms with Crippen molar-refractivity contribution in [1.82, 2.24) is 4.31 Å². The maximum absolute atomic E-state index is 12.9. The standard InChI is InChI=1S/C21H24N2O5S/c1-4-23(5-2)29(26,27)19-13-16(11-10-14(19)3)22-20(24)18-12-15-8-6-7-9-17(15)21(25)28-18/h6-11,13,18H,4-5,12H2,1-3H3,(H,22,24)/t18-/m0/s1. The molecule has 8 heteroatoms. The third-order valence-electron chi connectivity index (χ3n) is 4.96. The molecule has 2 aromatic rings. The lowest BCUT2D eigenvalue weighted by Gasteiger charge is -2.24. The Morgan fingerprint density at radius 3 is 2.55 bits per heavy atom. The Morgan fingerprint density at radius 2 is 1.86 bits per heavy atom. The zero-order valence-corrected chi connectivity index (χ0v) is 17.5. The molecule has 2 aromatic carbocycles. The van der Waals surface area contributed by atoms with Gasteiger partial charge in [-0.1, -0.05) is 38.1 Å². The summed E-state index contributed by atoms with van der Waals surface area (Å²) < 4.78 is 32.4. The molecule has 1 atom stereocenters. The minimum atomic E-state index is -3.67. The summed E-state index contributed by atoms with van der Waals surface area (Å²) in [6.07, 6.45) is -0.703. The first-order valence-corrected chi connectivity index (χ1v) is 10.9. The number of rotatable bonds is 6. The van der Waals surface area contributed by atoms with Crippen molar-refractivity contribution in [3.8, 4) is 0 Å². The highest BCUT2D eigenvalue weighted by Crippen LogP contribution is 2.25. The van der Waals surface area contributed by atoms with Gasteiger partial charge in [-0.15, -0.1) is 0 Å². The number of esters is 1. The highest BCUT2D eigenvalue weighted by Gasteiger charge is 2.31. The van der Waals surface area contributed by atoms with Crippen LogP contribution < -0.4 is 5.32 Å². The van der Waals surface area contributed by atoms with Crippen molar-refractivity contribution in [2.75, 3.05) is 18.4 Å². The van der Waals surface area contributed by atoms with E-state index >= 15 is 0 Å². The largest absolute Gasteiger partial charge is 0.448 e. The summed E-state index contributed by atoms with van der Waals surface area (Å²) in [7, 11) is -3.67. The summed E-state index contributed by atoms with van der Waals surface area (Å²) in [5.74, 6) is -1.04. The van der Waals surface area contributed by atoms with Gasteiger partial charge in [-0.05, 0) is 36.2 Å². The monoisotopic (exact) mass is 416 g/mol. The average molecular weight is 416 g/mol. The molecule has 0 saturated carbocycles. The van der Waals surface area contributed by atoms with Crippen molar-refractivity contribution in [1.29, 1.82) is 0 Å². The van der Waals surface area contributed by atoms with Crippen LogP contribution in [0.5, 0.6) is 0 Å². The van der Waals surface area contributed by atoms with E-state index in [0.717, 1.165) is 5.56 Å². The van der Waals surface area contributed by atoms with Crippen molar-refractivity contribution >= 4 is 27.6 Å². The Bertz CT molecular complexity index is 1040. The molecule has 1 heterocycles. The molecule has 0 radical (unpaired) electrons. The van der Waals surface area contributed by atoms with Gasteiger partial charge < -0.3 is 10.1 Å². The maximum atomic E-state index is 12.9. The number of cyclic esters (lactones) is 1. The molecule has 0 unspecified atom stereocenters. The van der Waals surface area contributed by atoms with Gasteiger partial charge in [0, 0.05) is 25.2 Å². The van der Waals surface area contributed by atoms with Crippen molar-refractivity contribution in [2.24, 2.45) is 0 Å². The fraction of sp³-hybridized carbons (Fsp3) is 0.333. The van der Waals surface area contributed by atoms with Crippen LogP contribution in [0.4, 0.5) is 5.69 Å². The van der Waals surface area contributed by atoms with Gasteiger partial charge in [-0.25, -0.2) is 13.2 Å². The normalized spacial score (nSPS) is 16.3. The van der Waals surface area contributed by atoms with E-state index in [2.05, 4.69) is 5.32 Å². The topological polar surface area (TPSA) is 92.8 Å². The van der Waals surface area contributed by atoms with Gasteiger partial charge in [0.25, 0.3) is 5.91 Å². The number of carbonyl (C=O) groups is 2. The molecule has 154 valence electrons. The van der Waals surface area contributed by atoms with Crippen molar-refractivity contribution < 1.29 is 22.7 Å². The number of aryl methyl sites for hydroxylation is 1. The lowest BCUT2D eigenvalue weighted by molar-refractivity contribution is -0.125. The van der Waals surface area contributed by atoms with Gasteiger partial charge in [-0.2, -0.15) is 4.31 Å². The Hall–Kier alpha value is -2.71. The van der Waals surface area contributed by atoms with E-state index in [-0.39, 0.29) is 11.3 Å². The molecular weight excluding hydrogens is 392 g/mol. The quantitative estimate of drug-likeness (QED) is 0.731. The molecule has 0 saturated heterocycles. The molecule has 7 nitrogen and oxygen atoms in total. The first-order valence-electron chi connectivity index (χ1n) is 9.48. The smallest absolute Gasteiger partial charge is 0.339 e. The van der Waals surface area contributed by atoms with Crippen LogP contribution in [0.3, 0.4) is 0 Å². The number of amides is 1. The van der Waals surface area contributed by atoms with Crippen LogP contribution in [-0.4, -0.2) is 43.8 Å². The summed E-state index contributed by atoms with van der Waals surface area (Å²) in [5, 5.41) is 2.68. The number of benzene rings is 2. The van der Waals surface area contributed by atoms with Gasteiger partial charge >= 0.3 is 5.97 Å². The highest BCUT2D eigenvalue weighted by atomic mass is 32.2. The Kier molecular flexibility index (Phi) is 6.04. The van der Waals surface area contributed by atoms with Crippen LogP contribution in [-0.2, 0) is 26.0 Å². The molecule has 1 aliphatic rings. The number of carbonyl (C=O) groups excluding carboxylic acids is 2. The number of anilines is 1. The number of hydrogen-bond acceptors (Lipinski definition) is 5. The van der Waals surface area contributed by atoms with E-state index in [0.29, 0.717) is 29.9 Å². The molecule has 1 amide bonds. The minimum absolute atomic E-state index is 0.144. The molecule has 0 bridgehead atoms. The zero-order chi connectivity index (χ0) is 21.2. The minimum Gasteiger partial charge on any atom is -0.448 e. The van der Waals surface area contributed by atoms with Crippen LogP contribution in [0.1, 0.15) is 35.3 Å². The zero-order valence-electron chi connectivity index (χ0n) is 16.6. The number of hydrogen-bond donors (Lipinski definition) is 1. The molecule has 1 N–H and O–H groups in total. The SMILES string of the molecule is CCN(CC)S(=O)(=O)c1cc(NC(=O)[C@@H]2Cc3ccccc3C(=O)O2)ccc1C. The summed E-state index contributed by atoms with van der Waals surface area (Å²) in [6, 6.07) is 11.7. The van der Waals surface area contributed by atoms with Crippen LogP contribution in [0, 0.1) is 6.92 Å². The number of fused-ring (bicyclic) bond motifs is 1. The number of nitrogens with zero attached hydrogens (tertiary/aromatic N) is 1. The van der Waals surface area contributed by atoms with Crippen LogP contribution >= 0.6 is 0 Å². The molecule has 0 aromatic heterocycles. The number of sulfonamides is 1. The van der Waals surface area contributed by atoms with E-state index in [1.807, 2.05) is 0 Å². The van der Waals surface area contributed by atoms with E-state index in [1.165, 1.54) is 10.4 Å². The molecule has 3 rings (SSSR count). The molecule has 0 fully saturated rings. The predicted octanol–water partition coefficient (Wildman–Crippen LogP) is 2.75. The molecule has 0 spiro atoms. The highest BCUT2D eigenvalue weighted by molar-refractivity contribution is 7.89. The predicted molar refractivity (Wildman–Crippen MR) is 109 cm³/mol. The average Bonchev–Trinajstić information content (AvgIpc) is 2.70. The van der Waals surface area contributed by atoms with Gasteiger partial charge in [0.15, 0.2) is 6.10 Å². The summed E-state index contributed by atoms with van der Waals surface area (Å²) in [6.45, 7) is 5.97. The first kappa shape index (κ1) is 21.0. The van der Waals surface area contributed by atoms with Gasteiger partial charge in [0.1, 0.15) is 0 Å². The molecule has 1 aliphatic heterocycles. The van der Waals surface area contributed by atoms with E-state index < -0.39 is 28.0 Å². The van der Waals surface area contributed by atoms with Gasteiger partial charge in [0.05, 0.1) is 10.5 Å². The second kappa shape index (κ2) is 8.34. The van der Waals surface area contributed by atoms with E-state index in [9.17, 15) is 18.0 Å². The second-order valence-electron chi connectivity index (χ2n) is 6.81. The Labute approximate surface area is 170 Å². The molecular formula is C21H24N2O5S. The third kappa shape index (κ3) is 4.18. The lowest BCUT2D eigenvalue weighted by Crippen LogP contribution is -2.38. The van der Waals surface area contributed by atoms with Crippen LogP contribution in [0.2, 0.25) is 0 Å². The molecule has 29 heavy (non-hydrogen) atoms. The Balaban J connectivity index is 1.83. The third-order valence-corrected chi connectivity index (χ3v) is 7.16. The Morgan fingerprint density at radius 1 is 1.17 bits per heavy atom. The fourth-order valence-electron chi connectivity index (χ4n) is 3.36. The van der Waals surface area contributed by atoms with Crippen molar-refractivity contribution in [3.05, 3.63) is 59.2 Å². The van der Waals surface area contributed by atoms with Crippen molar-refractivity contribution in [2.45, 2.75) is 38.2 Å². The van der Waals surface area contributed by atoms with Crippen molar-refractivity contribution in [3.63, 3.8) is 0 Å². The van der Waals surface area contributed by atoms with E-state index in [1.54, 1.807) is 57.2 Å². The lowest BCUT2D eigenvalue weighted by atomic mass is 9.98. The molecule has 0 aliphatic carbocycles. The van der Waals surface area contributed by atoms with Gasteiger partial charge in [-0.3, -0.25) is 4.79 Å². The summed E-state index contributed by atoms with van der Waals surface area (Å²) in [4.78, 5) is 24.9. The maximum Gasteiger partial charge on any atom is 0.339 e. The van der Waals surface area contributed by atoms with E-state index in [4.69, 9.17) is 4.74 Å². The van der Waals surface area contributed by atoms with Gasteiger partial charge in [0.2, 0.25) is 10.0 Å². The first-order chi connectivity index (χ1) is 13.8. The summed E-state index contributed by atoms with van der Waals surface area (Å²) in [5.41, 5.74) is 2.13. The second-order valence-corrected chi connectivity index (χ2v) is 8.72. The summed E-state index contributed by atoms with van der Waals surface area (Å²) >= 11 is 0. The van der Waals surface area contributed by atoms with Crippen LogP contribution in [0.15, 0.2) is 47.4 Å². The fourth-order valence-corrected chi connectivity index (χ4v) is 5.07. The number of ether oxygens (including phenoxy) is 1. The number of nitrogens with one attached hydrogen (secondary N) is 1.